The molecule has 254 valence electrons. The van der Waals surface area contributed by atoms with Gasteiger partial charge >= 0.3 is 23.9 Å². The summed E-state index contributed by atoms with van der Waals surface area (Å²) in [6.07, 6.45) is -1.42. The number of nitrogens with one attached hydrogen (secondary N) is 3. The van der Waals surface area contributed by atoms with Crippen molar-refractivity contribution >= 4 is 75.0 Å². The van der Waals surface area contributed by atoms with Gasteiger partial charge in [0.1, 0.15) is 37.3 Å². The van der Waals surface area contributed by atoms with E-state index in [0.29, 0.717) is 4.90 Å². The van der Waals surface area contributed by atoms with E-state index in [1.807, 2.05) is 0 Å². The number of imide groups is 1. The number of carboxylic acid groups (broad SMARTS) is 4. The molecule has 21 heteroatoms. The first-order valence-corrected chi connectivity index (χ1v) is 15.8. The molecule has 0 aromatic heterocycles. The van der Waals surface area contributed by atoms with Crippen LogP contribution in [-0.2, 0) is 43.2 Å². The minimum atomic E-state index is -1.57. The molecule has 0 aliphatic heterocycles. The van der Waals surface area contributed by atoms with Gasteiger partial charge in [-0.05, 0) is 19.3 Å². The molecule has 5 amide bonds. The average molecular weight is 683 g/mol. The standard InChI is InChI=1S/C24H38N6O13S2/c1-2-3-17(32)30(18(33)7-5-13(26)24(42)43)15(22(39)28-9-20(36)37)11-45-44-10-14(21(38)27-8-19(34)35)29-16(31)6-4-12(25)23(40)41/h12-15H,2-11,25-26H2,1H3,(H,27,38)(H,28,39)(H,29,31)(H,34,35)(H,36,37)(H,40,41)(H,42,43)/t12-,13-,14-,15-/m0/s1. The van der Waals surface area contributed by atoms with Crippen LogP contribution in [0.15, 0.2) is 0 Å². The number of nitrogens with two attached hydrogens (primary N) is 2. The predicted octanol–water partition coefficient (Wildman–Crippen LogP) is -2.84. The van der Waals surface area contributed by atoms with Crippen LogP contribution in [0.2, 0.25) is 0 Å². The SMILES string of the molecule is CCCC(=O)N(C(=O)CC[C@H](N)C(=O)O)[C@@H](CSSC[C@H](NC(=O)CC[C@H](N)C(=O)O)C(=O)NCC(=O)O)C(=O)NCC(=O)O. The minimum absolute atomic E-state index is 0.180. The maximum atomic E-state index is 13.1. The summed E-state index contributed by atoms with van der Waals surface area (Å²) >= 11 is 0. The molecule has 0 aromatic carbocycles. The Morgan fingerprint density at radius 3 is 1.64 bits per heavy atom. The molecule has 0 heterocycles. The van der Waals surface area contributed by atoms with E-state index in [1.54, 1.807) is 6.92 Å². The summed E-state index contributed by atoms with van der Waals surface area (Å²) in [7, 11) is 1.73. The summed E-state index contributed by atoms with van der Waals surface area (Å²) in [4.78, 5) is 108. The molecule has 0 fully saturated rings. The lowest BCUT2D eigenvalue weighted by atomic mass is 10.1. The third-order valence-corrected chi connectivity index (χ3v) is 8.03. The van der Waals surface area contributed by atoms with Crippen LogP contribution in [0.4, 0.5) is 0 Å². The predicted molar refractivity (Wildman–Crippen MR) is 158 cm³/mol. The fourth-order valence-corrected chi connectivity index (χ4v) is 5.63. The molecule has 0 bridgehead atoms. The number of carboxylic acids is 4. The Bertz CT molecular complexity index is 1110. The van der Waals surface area contributed by atoms with Crippen molar-refractivity contribution in [3.05, 3.63) is 0 Å². The van der Waals surface area contributed by atoms with Crippen LogP contribution in [0.25, 0.3) is 0 Å². The topological polar surface area (TPSA) is 326 Å². The Hall–Kier alpha value is -3.95. The van der Waals surface area contributed by atoms with Crippen LogP contribution in [0.1, 0.15) is 45.4 Å². The molecule has 0 saturated heterocycles. The molecular weight excluding hydrogens is 644 g/mol. The fourth-order valence-electron chi connectivity index (χ4n) is 3.27. The van der Waals surface area contributed by atoms with E-state index in [0.717, 1.165) is 21.6 Å². The molecule has 0 aliphatic rings. The zero-order valence-corrected chi connectivity index (χ0v) is 25.9. The van der Waals surface area contributed by atoms with Crippen LogP contribution in [0.3, 0.4) is 0 Å². The number of carbonyl (C=O) groups excluding carboxylic acids is 5. The molecule has 0 saturated carbocycles. The zero-order valence-electron chi connectivity index (χ0n) is 24.3. The molecule has 0 radical (unpaired) electrons. The maximum absolute atomic E-state index is 13.1. The van der Waals surface area contributed by atoms with E-state index < -0.39 is 97.1 Å². The molecule has 0 unspecified atom stereocenters. The van der Waals surface area contributed by atoms with E-state index in [4.69, 9.17) is 31.9 Å². The molecule has 19 nitrogen and oxygen atoms in total. The number of rotatable bonds is 23. The highest BCUT2D eigenvalue weighted by atomic mass is 33.1. The third-order valence-electron chi connectivity index (χ3n) is 5.62. The number of amides is 5. The first-order valence-electron chi connectivity index (χ1n) is 13.4. The van der Waals surface area contributed by atoms with Crippen LogP contribution < -0.4 is 27.4 Å². The maximum Gasteiger partial charge on any atom is 0.322 e. The second-order valence-corrected chi connectivity index (χ2v) is 11.9. The summed E-state index contributed by atoms with van der Waals surface area (Å²) in [6, 6.07) is -5.68. The van der Waals surface area contributed by atoms with Crippen LogP contribution in [0, 0.1) is 0 Å². The van der Waals surface area contributed by atoms with E-state index in [1.165, 1.54) is 0 Å². The highest BCUT2D eigenvalue weighted by molar-refractivity contribution is 8.76. The van der Waals surface area contributed by atoms with Gasteiger partial charge in [-0.25, -0.2) is 0 Å². The summed E-state index contributed by atoms with van der Waals surface area (Å²) in [6.45, 7) is 0.00941. The lowest BCUT2D eigenvalue weighted by molar-refractivity contribution is -0.151. The van der Waals surface area contributed by atoms with Gasteiger partial charge < -0.3 is 47.8 Å². The monoisotopic (exact) mass is 682 g/mol. The number of carbonyl (C=O) groups is 9. The van der Waals surface area contributed by atoms with Gasteiger partial charge in [0.05, 0.1) is 0 Å². The molecule has 0 aromatic rings. The van der Waals surface area contributed by atoms with Crippen LogP contribution in [-0.4, -0.2) is 128 Å². The van der Waals surface area contributed by atoms with E-state index in [9.17, 15) is 43.2 Å². The second-order valence-electron chi connectivity index (χ2n) is 9.30. The molecule has 11 N–H and O–H groups in total. The van der Waals surface area contributed by atoms with Gasteiger partial charge in [-0.1, -0.05) is 28.5 Å². The largest absolute Gasteiger partial charge is 0.480 e. The Morgan fingerprint density at radius 1 is 0.689 bits per heavy atom. The quantitative estimate of drug-likeness (QED) is 0.0387. The van der Waals surface area contributed by atoms with Crippen molar-refractivity contribution in [3.8, 4) is 0 Å². The summed E-state index contributed by atoms with van der Waals surface area (Å²) < 4.78 is 0. The number of nitrogens with zero attached hydrogens (tertiary/aromatic N) is 1. The van der Waals surface area contributed by atoms with Crippen molar-refractivity contribution in [2.24, 2.45) is 11.5 Å². The first-order chi connectivity index (χ1) is 21.0. The molecular formula is C24H38N6O13S2. The van der Waals surface area contributed by atoms with Crippen molar-refractivity contribution in [2.75, 3.05) is 24.6 Å². The second kappa shape index (κ2) is 21.7. The molecule has 0 spiro atoms. The van der Waals surface area contributed by atoms with Gasteiger partial charge in [0.15, 0.2) is 0 Å². The minimum Gasteiger partial charge on any atom is -0.480 e. The van der Waals surface area contributed by atoms with Crippen molar-refractivity contribution in [3.63, 3.8) is 0 Å². The zero-order chi connectivity index (χ0) is 34.7. The summed E-state index contributed by atoms with van der Waals surface area (Å²) in [5.41, 5.74) is 10.8. The van der Waals surface area contributed by atoms with E-state index in [-0.39, 0.29) is 43.6 Å². The van der Waals surface area contributed by atoms with Gasteiger partial charge in [-0.3, -0.25) is 48.1 Å². The van der Waals surface area contributed by atoms with Gasteiger partial charge in [0.2, 0.25) is 29.5 Å². The fraction of sp³-hybridized carbons (Fsp3) is 0.625. The smallest absolute Gasteiger partial charge is 0.322 e. The van der Waals surface area contributed by atoms with Crippen molar-refractivity contribution in [1.29, 1.82) is 0 Å². The van der Waals surface area contributed by atoms with Crippen molar-refractivity contribution in [1.82, 2.24) is 20.9 Å². The van der Waals surface area contributed by atoms with E-state index >= 15 is 0 Å². The Morgan fingerprint density at radius 2 is 1.16 bits per heavy atom. The Balaban J connectivity index is 5.85. The highest BCUT2D eigenvalue weighted by Crippen LogP contribution is 2.26. The van der Waals surface area contributed by atoms with Crippen LogP contribution >= 0.6 is 21.6 Å². The normalized spacial score (nSPS) is 13.3. The lowest BCUT2D eigenvalue weighted by Crippen LogP contribution is -2.54. The van der Waals surface area contributed by atoms with Gasteiger partial charge in [-0.2, -0.15) is 0 Å². The molecule has 4 atom stereocenters. The van der Waals surface area contributed by atoms with E-state index in [2.05, 4.69) is 16.0 Å². The third kappa shape index (κ3) is 17.2. The van der Waals surface area contributed by atoms with Gasteiger partial charge in [-0.15, -0.1) is 0 Å². The molecule has 0 rings (SSSR count). The summed E-state index contributed by atoms with van der Waals surface area (Å²) in [5, 5.41) is 42.2. The van der Waals surface area contributed by atoms with Crippen LogP contribution in [0.5, 0.6) is 0 Å². The number of hydrogen-bond donors (Lipinski definition) is 9. The Kier molecular flexibility index (Phi) is 19.8. The number of hydrogen-bond acceptors (Lipinski definition) is 13. The number of aliphatic carboxylic acids is 4. The van der Waals surface area contributed by atoms with Crippen molar-refractivity contribution in [2.45, 2.75) is 69.6 Å². The molecule has 0 aliphatic carbocycles. The summed E-state index contributed by atoms with van der Waals surface area (Å²) in [5.74, 6) is -10.5. The lowest BCUT2D eigenvalue weighted by Gasteiger charge is -2.29. The highest BCUT2D eigenvalue weighted by Gasteiger charge is 2.35. The first kappa shape index (κ1) is 41.0. The van der Waals surface area contributed by atoms with Crippen molar-refractivity contribution < 1.29 is 63.6 Å². The average Bonchev–Trinajstić information content (AvgIpc) is 2.96. The molecule has 45 heavy (non-hydrogen) atoms. The Labute approximate surface area is 264 Å². The van der Waals surface area contributed by atoms with Gasteiger partial charge in [0, 0.05) is 30.8 Å². The van der Waals surface area contributed by atoms with Gasteiger partial charge in [0.25, 0.3) is 0 Å².